The number of aromatic amines is 2. The van der Waals surface area contributed by atoms with Crippen LogP contribution in [0.4, 0.5) is 5.82 Å². The van der Waals surface area contributed by atoms with Crippen LogP contribution >= 0.6 is 0 Å². The van der Waals surface area contributed by atoms with Gasteiger partial charge in [-0.25, -0.2) is 0 Å². The van der Waals surface area contributed by atoms with E-state index in [0.717, 1.165) is 16.8 Å². The van der Waals surface area contributed by atoms with E-state index in [1.54, 1.807) is 6.20 Å². The third-order valence-electron chi connectivity index (χ3n) is 3.06. The third kappa shape index (κ3) is 2.92. The fourth-order valence-electron chi connectivity index (χ4n) is 1.95. The SMILES string of the molecule is Nc1cc(C(=O)NCc2ccc(-c3ccn[nH]3)cc2)[nH]n1. The van der Waals surface area contributed by atoms with Crippen LogP contribution in [0, 0.1) is 0 Å². The Morgan fingerprint density at radius 3 is 2.62 bits per heavy atom. The fraction of sp³-hybridized carbons (Fsp3) is 0.0714. The van der Waals surface area contributed by atoms with Gasteiger partial charge in [0, 0.05) is 18.8 Å². The lowest BCUT2D eigenvalue weighted by atomic mass is 10.1. The molecule has 0 aliphatic rings. The van der Waals surface area contributed by atoms with Gasteiger partial charge in [0.05, 0.1) is 5.69 Å². The summed E-state index contributed by atoms with van der Waals surface area (Å²) < 4.78 is 0. The minimum atomic E-state index is -0.239. The number of aromatic nitrogens is 4. The molecule has 0 radical (unpaired) electrons. The van der Waals surface area contributed by atoms with E-state index in [-0.39, 0.29) is 5.91 Å². The summed E-state index contributed by atoms with van der Waals surface area (Å²) in [4.78, 5) is 11.8. The number of hydrogen-bond acceptors (Lipinski definition) is 4. The van der Waals surface area contributed by atoms with Gasteiger partial charge in [0.15, 0.2) is 0 Å². The van der Waals surface area contributed by atoms with E-state index in [2.05, 4.69) is 25.7 Å². The number of nitrogens with two attached hydrogens (primary N) is 1. The highest BCUT2D eigenvalue weighted by atomic mass is 16.1. The van der Waals surface area contributed by atoms with Gasteiger partial charge in [-0.2, -0.15) is 10.2 Å². The van der Waals surface area contributed by atoms with Crippen LogP contribution in [0.3, 0.4) is 0 Å². The molecular weight excluding hydrogens is 268 g/mol. The number of H-pyrrole nitrogens is 2. The molecule has 3 aromatic rings. The first-order valence-electron chi connectivity index (χ1n) is 6.40. The van der Waals surface area contributed by atoms with Crippen molar-refractivity contribution in [2.75, 3.05) is 5.73 Å². The van der Waals surface area contributed by atoms with Crippen molar-refractivity contribution >= 4 is 11.7 Å². The first kappa shape index (κ1) is 12.9. The second-order valence-corrected chi connectivity index (χ2v) is 4.56. The summed E-state index contributed by atoms with van der Waals surface area (Å²) >= 11 is 0. The van der Waals surface area contributed by atoms with E-state index in [1.807, 2.05) is 30.3 Å². The standard InChI is InChI=1S/C14H14N6O/c15-13-7-12(19-20-13)14(21)16-8-9-1-3-10(4-2-9)11-5-6-17-18-11/h1-7H,8H2,(H,16,21)(H,17,18)(H3,15,19,20). The lowest BCUT2D eigenvalue weighted by molar-refractivity contribution is 0.0946. The molecule has 0 atom stereocenters. The smallest absolute Gasteiger partial charge is 0.269 e. The zero-order valence-electron chi connectivity index (χ0n) is 11.1. The van der Waals surface area contributed by atoms with Gasteiger partial charge in [-0.1, -0.05) is 24.3 Å². The van der Waals surface area contributed by atoms with E-state index in [0.29, 0.717) is 18.1 Å². The summed E-state index contributed by atoms with van der Waals surface area (Å²) in [7, 11) is 0. The van der Waals surface area contributed by atoms with E-state index in [9.17, 15) is 4.79 Å². The normalized spacial score (nSPS) is 10.5. The van der Waals surface area contributed by atoms with Crippen LogP contribution in [0.2, 0.25) is 0 Å². The predicted octanol–water partition coefficient (Wildman–Crippen LogP) is 1.31. The maximum absolute atomic E-state index is 11.8. The second-order valence-electron chi connectivity index (χ2n) is 4.56. The highest BCUT2D eigenvalue weighted by Crippen LogP contribution is 2.16. The molecule has 2 heterocycles. The second kappa shape index (κ2) is 5.49. The van der Waals surface area contributed by atoms with Crippen LogP contribution in [0.15, 0.2) is 42.6 Å². The molecule has 7 nitrogen and oxygen atoms in total. The van der Waals surface area contributed by atoms with Gasteiger partial charge in [-0.15, -0.1) is 0 Å². The number of benzene rings is 1. The number of carbonyl (C=O) groups excluding carboxylic acids is 1. The van der Waals surface area contributed by atoms with Gasteiger partial charge in [-0.05, 0) is 17.2 Å². The van der Waals surface area contributed by atoms with E-state index in [1.165, 1.54) is 6.07 Å². The number of hydrogen-bond donors (Lipinski definition) is 4. The molecule has 21 heavy (non-hydrogen) atoms. The number of carbonyl (C=O) groups is 1. The van der Waals surface area contributed by atoms with Crippen molar-refractivity contribution < 1.29 is 4.79 Å². The highest BCUT2D eigenvalue weighted by Gasteiger charge is 2.08. The van der Waals surface area contributed by atoms with E-state index >= 15 is 0 Å². The van der Waals surface area contributed by atoms with Crippen molar-refractivity contribution in [3.63, 3.8) is 0 Å². The monoisotopic (exact) mass is 282 g/mol. The molecule has 3 rings (SSSR count). The Bertz CT molecular complexity index is 729. The summed E-state index contributed by atoms with van der Waals surface area (Å²) in [6.07, 6.45) is 1.71. The molecule has 0 spiro atoms. The molecule has 0 unspecified atom stereocenters. The highest BCUT2D eigenvalue weighted by molar-refractivity contribution is 5.92. The Balaban J connectivity index is 1.62. The molecule has 2 aromatic heterocycles. The molecule has 0 saturated heterocycles. The summed E-state index contributed by atoms with van der Waals surface area (Å²) in [5.41, 5.74) is 8.81. The van der Waals surface area contributed by atoms with Crippen molar-refractivity contribution in [3.8, 4) is 11.3 Å². The fourth-order valence-corrected chi connectivity index (χ4v) is 1.95. The minimum absolute atomic E-state index is 0.239. The maximum atomic E-state index is 11.8. The number of nitrogens with one attached hydrogen (secondary N) is 3. The molecule has 0 saturated carbocycles. The average molecular weight is 282 g/mol. The quantitative estimate of drug-likeness (QED) is 0.578. The first-order valence-corrected chi connectivity index (χ1v) is 6.40. The number of amides is 1. The van der Waals surface area contributed by atoms with Crippen molar-refractivity contribution in [2.24, 2.45) is 0 Å². The van der Waals surface area contributed by atoms with Crippen LogP contribution in [-0.2, 0) is 6.54 Å². The molecule has 7 heteroatoms. The van der Waals surface area contributed by atoms with E-state index in [4.69, 9.17) is 5.73 Å². The van der Waals surface area contributed by atoms with Crippen LogP contribution in [0.1, 0.15) is 16.1 Å². The van der Waals surface area contributed by atoms with E-state index < -0.39 is 0 Å². The van der Waals surface area contributed by atoms with Crippen LogP contribution in [0.25, 0.3) is 11.3 Å². The molecule has 0 bridgehead atoms. The molecule has 106 valence electrons. The van der Waals surface area contributed by atoms with Gasteiger partial charge < -0.3 is 11.1 Å². The van der Waals surface area contributed by atoms with Gasteiger partial charge in [0.1, 0.15) is 11.5 Å². The number of anilines is 1. The molecule has 1 aromatic carbocycles. The van der Waals surface area contributed by atoms with Crippen molar-refractivity contribution in [1.82, 2.24) is 25.7 Å². The van der Waals surface area contributed by atoms with Crippen molar-refractivity contribution in [3.05, 3.63) is 53.9 Å². The lowest BCUT2D eigenvalue weighted by Crippen LogP contribution is -2.23. The number of rotatable bonds is 4. The minimum Gasteiger partial charge on any atom is -0.382 e. The molecule has 1 amide bonds. The number of nitrogen functional groups attached to an aromatic ring is 1. The molecule has 0 aliphatic heterocycles. The Morgan fingerprint density at radius 2 is 2.00 bits per heavy atom. The summed E-state index contributed by atoms with van der Waals surface area (Å²) in [6.45, 7) is 0.432. The van der Waals surface area contributed by atoms with Gasteiger partial charge in [0.25, 0.3) is 5.91 Å². The van der Waals surface area contributed by atoms with Gasteiger partial charge >= 0.3 is 0 Å². The van der Waals surface area contributed by atoms with Crippen LogP contribution in [-0.4, -0.2) is 26.3 Å². The average Bonchev–Trinajstić information content (AvgIpc) is 3.16. The zero-order valence-corrected chi connectivity index (χ0v) is 11.1. The van der Waals surface area contributed by atoms with Crippen molar-refractivity contribution in [1.29, 1.82) is 0 Å². The number of nitrogens with zero attached hydrogens (tertiary/aromatic N) is 2. The Labute approximate surface area is 120 Å². The first-order chi connectivity index (χ1) is 10.2. The van der Waals surface area contributed by atoms with Crippen molar-refractivity contribution in [2.45, 2.75) is 6.54 Å². The van der Waals surface area contributed by atoms with Gasteiger partial charge in [-0.3, -0.25) is 15.0 Å². The molecule has 0 aliphatic carbocycles. The predicted molar refractivity (Wildman–Crippen MR) is 78.2 cm³/mol. The summed E-state index contributed by atoms with van der Waals surface area (Å²) in [5.74, 6) is 0.0564. The van der Waals surface area contributed by atoms with Crippen LogP contribution < -0.4 is 11.1 Å². The van der Waals surface area contributed by atoms with Crippen LogP contribution in [0.5, 0.6) is 0 Å². The lowest BCUT2D eigenvalue weighted by Gasteiger charge is -2.05. The molecular formula is C14H14N6O. The molecule has 0 fully saturated rings. The summed E-state index contributed by atoms with van der Waals surface area (Å²) in [5, 5.41) is 15.9. The molecule has 5 N–H and O–H groups in total. The largest absolute Gasteiger partial charge is 0.382 e. The van der Waals surface area contributed by atoms with Gasteiger partial charge in [0.2, 0.25) is 0 Å². The topological polar surface area (TPSA) is 112 Å². The Morgan fingerprint density at radius 1 is 1.19 bits per heavy atom. The maximum Gasteiger partial charge on any atom is 0.269 e. The Kier molecular flexibility index (Phi) is 3.38. The third-order valence-corrected chi connectivity index (χ3v) is 3.06. The summed E-state index contributed by atoms with van der Waals surface area (Å²) in [6, 6.07) is 11.3. The zero-order chi connectivity index (χ0) is 14.7. The Hall–Kier alpha value is -3.09.